The molecule has 1 saturated heterocycles. The van der Waals surface area contributed by atoms with E-state index in [2.05, 4.69) is 44.3 Å². The van der Waals surface area contributed by atoms with Crippen LogP contribution in [0.15, 0.2) is 70.5 Å². The van der Waals surface area contributed by atoms with Crippen molar-refractivity contribution in [1.29, 1.82) is 5.26 Å². The van der Waals surface area contributed by atoms with Crippen LogP contribution in [0.1, 0.15) is 18.1 Å². The fourth-order valence-electron chi connectivity index (χ4n) is 4.66. The van der Waals surface area contributed by atoms with Gasteiger partial charge in [-0.2, -0.15) is 10.2 Å². The number of nitrogens with one attached hydrogen (secondary N) is 1. The summed E-state index contributed by atoms with van der Waals surface area (Å²) < 4.78 is 26.7. The summed E-state index contributed by atoms with van der Waals surface area (Å²) in [7, 11) is -1.40. The van der Waals surface area contributed by atoms with Gasteiger partial charge in [0.2, 0.25) is 5.95 Å². The van der Waals surface area contributed by atoms with Gasteiger partial charge in [0.1, 0.15) is 17.3 Å². The van der Waals surface area contributed by atoms with Crippen LogP contribution < -0.4 is 15.8 Å². The summed E-state index contributed by atoms with van der Waals surface area (Å²) in [6.07, 6.45) is 1.55. The van der Waals surface area contributed by atoms with E-state index in [9.17, 15) is 18.5 Å². The highest BCUT2D eigenvalue weighted by atomic mass is 32.2. The van der Waals surface area contributed by atoms with Gasteiger partial charge in [-0.1, -0.05) is 25.1 Å². The molecule has 0 radical (unpaired) electrons. The Hall–Kier alpha value is -4.27. The van der Waals surface area contributed by atoms with Crippen molar-refractivity contribution in [3.8, 4) is 6.07 Å². The number of piperazine rings is 1. The Morgan fingerprint density at radius 3 is 2.46 bits per heavy atom. The molecule has 0 unspecified atom stereocenters. The molecule has 11 heteroatoms. The molecule has 0 saturated carbocycles. The van der Waals surface area contributed by atoms with Gasteiger partial charge in [0.15, 0.2) is 9.84 Å². The van der Waals surface area contributed by atoms with Crippen molar-refractivity contribution >= 4 is 38.2 Å². The Kier molecular flexibility index (Phi) is 7.32. The number of aromatic nitrogens is 3. The highest BCUT2D eigenvalue weighted by molar-refractivity contribution is 7.91. The zero-order valence-corrected chi connectivity index (χ0v) is 22.6. The molecule has 200 valence electrons. The highest BCUT2D eigenvalue weighted by Crippen LogP contribution is 2.23. The lowest BCUT2D eigenvalue weighted by atomic mass is 10.2. The number of fused-ring (bicyclic) bond motifs is 1. The van der Waals surface area contributed by atoms with Gasteiger partial charge in [-0.3, -0.25) is 9.36 Å². The van der Waals surface area contributed by atoms with Gasteiger partial charge >= 0.3 is 0 Å². The van der Waals surface area contributed by atoms with Crippen molar-refractivity contribution in [3.05, 3.63) is 82.3 Å². The summed E-state index contributed by atoms with van der Waals surface area (Å²) in [5.41, 5.74) is 2.07. The van der Waals surface area contributed by atoms with Gasteiger partial charge in [-0.05, 0) is 49.0 Å². The third-order valence-electron chi connectivity index (χ3n) is 6.96. The lowest BCUT2D eigenvalue weighted by Crippen LogP contribution is -2.44. The van der Waals surface area contributed by atoms with E-state index < -0.39 is 15.4 Å². The molecule has 0 spiro atoms. The predicted molar refractivity (Wildman–Crippen MR) is 151 cm³/mol. The first kappa shape index (κ1) is 26.3. The summed E-state index contributed by atoms with van der Waals surface area (Å²) >= 11 is 0. The maximum Gasteiger partial charge on any atom is 0.270 e. The summed E-state index contributed by atoms with van der Waals surface area (Å²) in [5, 5.41) is 13.2. The number of pyridine rings is 1. The number of nitrogens with zero attached hydrogens (tertiary/aromatic N) is 6. The number of anilines is 3. The van der Waals surface area contributed by atoms with Crippen molar-refractivity contribution in [2.24, 2.45) is 0 Å². The largest absolute Gasteiger partial charge is 0.369 e. The van der Waals surface area contributed by atoms with Crippen LogP contribution in [0.2, 0.25) is 0 Å². The van der Waals surface area contributed by atoms with Crippen LogP contribution in [0.5, 0.6) is 0 Å². The summed E-state index contributed by atoms with van der Waals surface area (Å²) in [6.45, 7) is 5.51. The van der Waals surface area contributed by atoms with Crippen molar-refractivity contribution in [2.75, 3.05) is 49.2 Å². The van der Waals surface area contributed by atoms with E-state index in [1.165, 1.54) is 16.7 Å². The average molecular weight is 544 g/mol. The third-order valence-corrected chi connectivity index (χ3v) is 8.78. The molecular weight excluding hydrogens is 514 g/mol. The molecule has 1 aliphatic heterocycles. The molecule has 2 aromatic carbocycles. The highest BCUT2D eigenvalue weighted by Gasteiger charge is 2.19. The van der Waals surface area contributed by atoms with E-state index >= 15 is 0 Å². The third kappa shape index (κ3) is 5.48. The molecule has 1 fully saturated rings. The Balaban J connectivity index is 1.49. The van der Waals surface area contributed by atoms with E-state index in [4.69, 9.17) is 0 Å². The van der Waals surface area contributed by atoms with Gasteiger partial charge in [0, 0.05) is 49.1 Å². The van der Waals surface area contributed by atoms with E-state index in [0.29, 0.717) is 16.6 Å². The molecule has 0 atom stereocenters. The Morgan fingerprint density at radius 1 is 1.05 bits per heavy atom. The van der Waals surface area contributed by atoms with Gasteiger partial charge in [0.25, 0.3) is 5.56 Å². The van der Waals surface area contributed by atoms with Crippen molar-refractivity contribution < 1.29 is 8.42 Å². The molecule has 0 bridgehead atoms. The second kappa shape index (κ2) is 10.8. The first-order valence-electron chi connectivity index (χ1n) is 12.7. The van der Waals surface area contributed by atoms with Crippen LogP contribution in [0.25, 0.3) is 11.0 Å². The zero-order chi connectivity index (χ0) is 27.6. The second-order valence-electron chi connectivity index (χ2n) is 9.51. The standard InChI is InChI=1S/C28H29N7O3S/c1-3-39(37,38)25-7-5-4-6-20(25)19-35-26-22(16-21(17-29)27(35)36)18-30-28(32-26)31-23-8-10-24(11-9-23)34-14-12-33(2)13-15-34/h4-11,16,18H,3,12-15,19H2,1-2H3,(H,30,31,32). The second-order valence-corrected chi connectivity index (χ2v) is 11.8. The predicted octanol–water partition coefficient (Wildman–Crippen LogP) is 3.00. The first-order chi connectivity index (χ1) is 18.8. The fourth-order valence-corrected chi connectivity index (χ4v) is 5.79. The number of hydrogen-bond donors (Lipinski definition) is 1. The SMILES string of the molecule is CCS(=O)(=O)c1ccccc1Cn1c(=O)c(C#N)cc2cnc(Nc3ccc(N4CCN(C)CC4)cc3)nc21. The van der Waals surface area contributed by atoms with E-state index in [1.807, 2.05) is 18.2 Å². The summed E-state index contributed by atoms with van der Waals surface area (Å²) in [4.78, 5) is 27.0. The molecule has 3 heterocycles. The van der Waals surface area contributed by atoms with E-state index in [1.54, 1.807) is 31.3 Å². The van der Waals surface area contributed by atoms with Crippen LogP contribution >= 0.6 is 0 Å². The van der Waals surface area contributed by atoms with E-state index in [-0.39, 0.29) is 28.7 Å². The number of likely N-dealkylation sites (N-methyl/N-ethyl adjacent to an activating group) is 1. The molecule has 39 heavy (non-hydrogen) atoms. The fraction of sp³-hybridized carbons (Fsp3) is 0.286. The number of nitriles is 1. The number of rotatable bonds is 7. The molecule has 0 aliphatic carbocycles. The maximum atomic E-state index is 13.2. The van der Waals surface area contributed by atoms with Gasteiger partial charge in [0.05, 0.1) is 17.2 Å². The zero-order valence-electron chi connectivity index (χ0n) is 21.8. The number of sulfone groups is 1. The normalized spacial score (nSPS) is 14.3. The molecule has 2 aromatic heterocycles. The van der Waals surface area contributed by atoms with Crippen molar-refractivity contribution in [1.82, 2.24) is 19.4 Å². The molecule has 1 N–H and O–H groups in total. The van der Waals surface area contributed by atoms with Crippen molar-refractivity contribution in [2.45, 2.75) is 18.4 Å². The molecule has 4 aromatic rings. The molecule has 1 aliphatic rings. The molecule has 10 nitrogen and oxygen atoms in total. The van der Waals surface area contributed by atoms with Crippen LogP contribution in [0.4, 0.5) is 17.3 Å². The maximum absolute atomic E-state index is 13.2. The topological polar surface area (TPSA) is 124 Å². The number of hydrogen-bond acceptors (Lipinski definition) is 9. The Labute approximate surface area is 227 Å². The van der Waals surface area contributed by atoms with Crippen LogP contribution in [-0.4, -0.2) is 66.8 Å². The minimum atomic E-state index is -3.53. The average Bonchev–Trinajstić information content (AvgIpc) is 2.95. The quantitative estimate of drug-likeness (QED) is 0.375. The molecular formula is C28H29N7O3S. The number of benzene rings is 2. The minimum Gasteiger partial charge on any atom is -0.369 e. The summed E-state index contributed by atoms with van der Waals surface area (Å²) in [6, 6.07) is 18.0. The molecule has 0 amide bonds. The lowest BCUT2D eigenvalue weighted by molar-refractivity contribution is 0.313. The first-order valence-corrected chi connectivity index (χ1v) is 14.4. The molecule has 5 rings (SSSR count). The van der Waals surface area contributed by atoms with Crippen LogP contribution in [-0.2, 0) is 16.4 Å². The lowest BCUT2D eigenvalue weighted by Gasteiger charge is -2.34. The van der Waals surface area contributed by atoms with Gasteiger partial charge in [-0.25, -0.2) is 13.4 Å². The van der Waals surface area contributed by atoms with Crippen molar-refractivity contribution in [3.63, 3.8) is 0 Å². The van der Waals surface area contributed by atoms with Gasteiger partial charge < -0.3 is 15.1 Å². The summed E-state index contributed by atoms with van der Waals surface area (Å²) in [5.74, 6) is 0.212. The van der Waals surface area contributed by atoms with Crippen LogP contribution in [0.3, 0.4) is 0 Å². The Morgan fingerprint density at radius 2 is 1.77 bits per heavy atom. The van der Waals surface area contributed by atoms with Crippen LogP contribution in [0, 0.1) is 11.3 Å². The Bertz CT molecular complexity index is 1720. The minimum absolute atomic E-state index is 0.0591. The smallest absolute Gasteiger partial charge is 0.270 e. The van der Waals surface area contributed by atoms with Gasteiger partial charge in [-0.15, -0.1) is 0 Å². The monoisotopic (exact) mass is 543 g/mol. The van der Waals surface area contributed by atoms with E-state index in [0.717, 1.165) is 37.6 Å².